The number of nitrogens with two attached hydrogens (primary N) is 1. The minimum atomic E-state index is -0.649. The Morgan fingerprint density at radius 2 is 1.50 bits per heavy atom. The summed E-state index contributed by atoms with van der Waals surface area (Å²) in [4.78, 5) is 0. The fourth-order valence-electron chi connectivity index (χ4n) is 2.16. The number of hydrogen-bond donors (Lipinski definition) is 1. The molecule has 0 radical (unpaired) electrons. The fourth-order valence-corrected chi connectivity index (χ4v) is 2.16. The topological polar surface area (TPSA) is 26.0 Å². The predicted molar refractivity (Wildman–Crippen MR) is 70.3 cm³/mol. The standard InChI is InChI=1S/C14H30FN/c1-3-4-5-6-7-10-14(13(2)15)11-8-9-12-16/h13-14H,3-12,16H2,1-2H3/t13?,14-/m0/s1. The van der Waals surface area contributed by atoms with E-state index in [1.165, 1.54) is 32.1 Å². The average Bonchev–Trinajstić information content (AvgIpc) is 2.26. The second-order valence-electron chi connectivity index (χ2n) is 4.92. The minimum Gasteiger partial charge on any atom is -0.330 e. The third kappa shape index (κ3) is 9.14. The van der Waals surface area contributed by atoms with Crippen LogP contribution >= 0.6 is 0 Å². The van der Waals surface area contributed by atoms with Crippen molar-refractivity contribution in [1.29, 1.82) is 0 Å². The summed E-state index contributed by atoms with van der Waals surface area (Å²) in [6.45, 7) is 4.67. The lowest BCUT2D eigenvalue weighted by Crippen LogP contribution is -2.13. The number of unbranched alkanes of at least 4 members (excludes halogenated alkanes) is 5. The van der Waals surface area contributed by atoms with Gasteiger partial charge in [-0.2, -0.15) is 0 Å². The lowest BCUT2D eigenvalue weighted by atomic mass is 9.91. The third-order valence-corrected chi connectivity index (χ3v) is 3.36. The molecule has 16 heavy (non-hydrogen) atoms. The van der Waals surface area contributed by atoms with E-state index in [0.29, 0.717) is 0 Å². The fraction of sp³-hybridized carbons (Fsp3) is 1.00. The Morgan fingerprint density at radius 1 is 0.938 bits per heavy atom. The zero-order valence-corrected chi connectivity index (χ0v) is 11.2. The quantitative estimate of drug-likeness (QED) is 0.522. The Morgan fingerprint density at radius 3 is 2.00 bits per heavy atom. The molecule has 0 aromatic heterocycles. The monoisotopic (exact) mass is 231 g/mol. The zero-order valence-electron chi connectivity index (χ0n) is 11.2. The Kier molecular flexibility index (Phi) is 11.3. The van der Waals surface area contributed by atoms with Crippen LogP contribution in [0.3, 0.4) is 0 Å². The Bertz CT molecular complexity index is 137. The van der Waals surface area contributed by atoms with Crippen LogP contribution < -0.4 is 5.73 Å². The van der Waals surface area contributed by atoms with Gasteiger partial charge in [-0.1, -0.05) is 45.4 Å². The van der Waals surface area contributed by atoms with Gasteiger partial charge in [0.2, 0.25) is 0 Å². The van der Waals surface area contributed by atoms with Crippen LogP contribution in [0, 0.1) is 5.92 Å². The molecule has 2 atom stereocenters. The summed E-state index contributed by atoms with van der Waals surface area (Å²) >= 11 is 0. The van der Waals surface area contributed by atoms with Crippen LogP contribution in [0.25, 0.3) is 0 Å². The lowest BCUT2D eigenvalue weighted by molar-refractivity contribution is 0.217. The van der Waals surface area contributed by atoms with Gasteiger partial charge in [-0.25, -0.2) is 4.39 Å². The van der Waals surface area contributed by atoms with Crippen molar-refractivity contribution in [2.24, 2.45) is 11.7 Å². The number of halogens is 1. The molecule has 0 spiro atoms. The maximum Gasteiger partial charge on any atom is 0.100 e. The smallest absolute Gasteiger partial charge is 0.100 e. The van der Waals surface area contributed by atoms with Crippen molar-refractivity contribution in [3.8, 4) is 0 Å². The first-order valence-electron chi connectivity index (χ1n) is 7.06. The molecule has 2 N–H and O–H groups in total. The molecule has 0 heterocycles. The van der Waals surface area contributed by atoms with Crippen LogP contribution in [-0.4, -0.2) is 12.7 Å². The molecule has 0 aromatic carbocycles. The summed E-state index contributed by atoms with van der Waals surface area (Å²) in [5, 5.41) is 0. The molecule has 0 saturated heterocycles. The van der Waals surface area contributed by atoms with Crippen molar-refractivity contribution in [1.82, 2.24) is 0 Å². The summed E-state index contributed by atoms with van der Waals surface area (Å²) in [6.07, 6.45) is 9.94. The van der Waals surface area contributed by atoms with Gasteiger partial charge in [0.05, 0.1) is 0 Å². The number of rotatable bonds is 11. The second-order valence-corrected chi connectivity index (χ2v) is 4.92. The van der Waals surface area contributed by atoms with Crippen LogP contribution in [-0.2, 0) is 0 Å². The van der Waals surface area contributed by atoms with Gasteiger partial charge in [-0.05, 0) is 38.6 Å². The molecule has 0 aliphatic rings. The zero-order chi connectivity index (χ0) is 12.2. The Hall–Kier alpha value is -0.110. The summed E-state index contributed by atoms with van der Waals surface area (Å²) in [7, 11) is 0. The van der Waals surface area contributed by atoms with E-state index in [0.717, 1.165) is 32.2 Å². The summed E-state index contributed by atoms with van der Waals surface area (Å²) in [5.41, 5.74) is 5.45. The van der Waals surface area contributed by atoms with Crippen LogP contribution in [0.15, 0.2) is 0 Å². The van der Waals surface area contributed by atoms with E-state index >= 15 is 0 Å². The van der Waals surface area contributed by atoms with Crippen LogP contribution in [0.2, 0.25) is 0 Å². The minimum absolute atomic E-state index is 0.271. The predicted octanol–water partition coefficient (Wildman–Crippen LogP) is 4.45. The van der Waals surface area contributed by atoms with Crippen molar-refractivity contribution in [3.05, 3.63) is 0 Å². The highest BCUT2D eigenvalue weighted by Crippen LogP contribution is 2.22. The largest absolute Gasteiger partial charge is 0.330 e. The maximum atomic E-state index is 13.3. The van der Waals surface area contributed by atoms with Crippen molar-refractivity contribution in [2.45, 2.75) is 77.8 Å². The molecule has 0 rings (SSSR count). The molecule has 0 amide bonds. The van der Waals surface area contributed by atoms with Crippen LogP contribution in [0.5, 0.6) is 0 Å². The normalized spacial score (nSPS) is 15.0. The van der Waals surface area contributed by atoms with Crippen molar-refractivity contribution < 1.29 is 4.39 Å². The molecule has 2 heteroatoms. The summed E-state index contributed by atoms with van der Waals surface area (Å²) in [5.74, 6) is 0.271. The molecule has 1 nitrogen and oxygen atoms in total. The molecule has 0 bridgehead atoms. The van der Waals surface area contributed by atoms with Gasteiger partial charge in [0.25, 0.3) is 0 Å². The van der Waals surface area contributed by atoms with Crippen LogP contribution in [0.1, 0.15) is 71.6 Å². The second kappa shape index (κ2) is 11.4. The van der Waals surface area contributed by atoms with E-state index in [4.69, 9.17) is 5.73 Å². The van der Waals surface area contributed by atoms with Gasteiger partial charge < -0.3 is 5.73 Å². The number of alkyl halides is 1. The first kappa shape index (κ1) is 15.9. The highest BCUT2D eigenvalue weighted by atomic mass is 19.1. The summed E-state index contributed by atoms with van der Waals surface area (Å²) in [6, 6.07) is 0. The molecular formula is C14H30FN. The van der Waals surface area contributed by atoms with Gasteiger partial charge in [0.15, 0.2) is 0 Å². The van der Waals surface area contributed by atoms with Crippen molar-refractivity contribution >= 4 is 0 Å². The van der Waals surface area contributed by atoms with E-state index < -0.39 is 6.17 Å². The molecule has 0 fully saturated rings. The first-order chi connectivity index (χ1) is 7.72. The van der Waals surface area contributed by atoms with Gasteiger partial charge in [-0.15, -0.1) is 0 Å². The molecule has 0 aliphatic heterocycles. The molecule has 0 saturated carbocycles. The SMILES string of the molecule is CCCCCCC[C@@H](CCCCN)C(C)F. The lowest BCUT2D eigenvalue weighted by Gasteiger charge is -2.17. The molecule has 1 unspecified atom stereocenters. The first-order valence-corrected chi connectivity index (χ1v) is 7.06. The third-order valence-electron chi connectivity index (χ3n) is 3.36. The van der Waals surface area contributed by atoms with Gasteiger partial charge in [0.1, 0.15) is 6.17 Å². The molecule has 0 aromatic rings. The van der Waals surface area contributed by atoms with E-state index in [1.807, 2.05) is 0 Å². The van der Waals surface area contributed by atoms with E-state index in [9.17, 15) is 4.39 Å². The molecular weight excluding hydrogens is 201 g/mol. The van der Waals surface area contributed by atoms with Crippen molar-refractivity contribution in [2.75, 3.05) is 6.54 Å². The maximum absolute atomic E-state index is 13.3. The van der Waals surface area contributed by atoms with Gasteiger partial charge in [-0.3, -0.25) is 0 Å². The molecule has 0 aliphatic carbocycles. The Labute approximate surface area is 101 Å². The van der Waals surface area contributed by atoms with Crippen LogP contribution in [0.4, 0.5) is 4.39 Å². The van der Waals surface area contributed by atoms with E-state index in [-0.39, 0.29) is 5.92 Å². The highest BCUT2D eigenvalue weighted by molar-refractivity contribution is 4.66. The summed E-state index contributed by atoms with van der Waals surface area (Å²) < 4.78 is 13.3. The average molecular weight is 231 g/mol. The van der Waals surface area contributed by atoms with E-state index in [1.54, 1.807) is 6.92 Å². The highest BCUT2D eigenvalue weighted by Gasteiger charge is 2.15. The van der Waals surface area contributed by atoms with Crippen molar-refractivity contribution in [3.63, 3.8) is 0 Å². The van der Waals surface area contributed by atoms with E-state index in [2.05, 4.69) is 6.92 Å². The Balaban J connectivity index is 3.52. The molecule has 98 valence electrons. The van der Waals surface area contributed by atoms with Gasteiger partial charge >= 0.3 is 0 Å². The van der Waals surface area contributed by atoms with Gasteiger partial charge in [0, 0.05) is 0 Å². The number of hydrogen-bond acceptors (Lipinski definition) is 1.